The molecule has 7 nitrogen and oxygen atoms in total. The summed E-state index contributed by atoms with van der Waals surface area (Å²) in [5.74, 6) is -1.06. The summed E-state index contributed by atoms with van der Waals surface area (Å²) in [5, 5.41) is 8.89. The molecule has 1 heterocycles. The van der Waals surface area contributed by atoms with Crippen LogP contribution >= 0.6 is 0 Å². The molecule has 0 aliphatic rings. The molecule has 7 heteroatoms. The van der Waals surface area contributed by atoms with E-state index in [-0.39, 0.29) is 12.2 Å². The van der Waals surface area contributed by atoms with Gasteiger partial charge in [-0.15, -0.1) is 0 Å². The molecule has 0 atom stereocenters. The maximum atomic E-state index is 10.9. The molecule has 0 saturated carbocycles. The topological polar surface area (TPSA) is 90.8 Å². The van der Waals surface area contributed by atoms with Crippen LogP contribution in [-0.4, -0.2) is 54.6 Å². The highest BCUT2D eigenvalue weighted by Gasteiger charge is 2.10. The zero-order valence-corrected chi connectivity index (χ0v) is 10.2. The Hall–Kier alpha value is -1.57. The van der Waals surface area contributed by atoms with Crippen molar-refractivity contribution in [1.82, 2.24) is 9.97 Å². The molecule has 0 amide bonds. The number of aromatic carboxylic acids is 1. The van der Waals surface area contributed by atoms with Crippen LogP contribution in [0, 0.1) is 0 Å². The minimum absolute atomic E-state index is 0.0535. The van der Waals surface area contributed by atoms with Gasteiger partial charge in [0.25, 0.3) is 0 Å². The number of hydrogen-bond donors (Lipinski definition) is 1. The fraction of sp³-hybridized carbons (Fsp3) is 0.545. The van der Waals surface area contributed by atoms with Crippen LogP contribution in [0.3, 0.4) is 0 Å². The van der Waals surface area contributed by atoms with Crippen LogP contribution in [0.4, 0.5) is 0 Å². The third-order valence-electron chi connectivity index (χ3n) is 2.07. The number of nitrogens with zero attached hydrogens (tertiary/aromatic N) is 2. The first-order valence-electron chi connectivity index (χ1n) is 5.42. The van der Waals surface area contributed by atoms with Crippen LogP contribution in [-0.2, 0) is 20.8 Å². The maximum absolute atomic E-state index is 10.9. The van der Waals surface area contributed by atoms with Crippen LogP contribution in [0.5, 0.6) is 0 Å². The predicted octanol–water partition coefficient (Wildman–Crippen LogP) is 0.354. The van der Waals surface area contributed by atoms with Crippen molar-refractivity contribution in [2.24, 2.45) is 0 Å². The average molecular weight is 256 g/mol. The average Bonchev–Trinajstić information content (AvgIpc) is 2.38. The lowest BCUT2D eigenvalue weighted by Crippen LogP contribution is -2.11. The normalized spacial score (nSPS) is 10.5. The third-order valence-corrected chi connectivity index (χ3v) is 2.07. The highest BCUT2D eigenvalue weighted by atomic mass is 16.5. The Morgan fingerprint density at radius 1 is 1.28 bits per heavy atom. The van der Waals surface area contributed by atoms with E-state index >= 15 is 0 Å². The van der Waals surface area contributed by atoms with Gasteiger partial charge in [0, 0.05) is 13.3 Å². The van der Waals surface area contributed by atoms with Gasteiger partial charge in [0.2, 0.25) is 0 Å². The number of aromatic nitrogens is 2. The van der Waals surface area contributed by atoms with E-state index in [2.05, 4.69) is 9.97 Å². The number of carbonyl (C=O) groups is 1. The maximum Gasteiger partial charge on any atom is 0.339 e. The quantitative estimate of drug-likeness (QED) is 0.637. The largest absolute Gasteiger partial charge is 0.478 e. The van der Waals surface area contributed by atoms with Gasteiger partial charge in [0.15, 0.2) is 0 Å². The molecule has 0 fully saturated rings. The fourth-order valence-electron chi connectivity index (χ4n) is 1.18. The van der Waals surface area contributed by atoms with E-state index < -0.39 is 5.97 Å². The minimum atomic E-state index is -1.06. The second-order valence-electron chi connectivity index (χ2n) is 3.35. The van der Waals surface area contributed by atoms with E-state index in [4.69, 9.17) is 19.3 Å². The molecule has 0 saturated heterocycles. The Bertz CT molecular complexity index is 372. The van der Waals surface area contributed by atoms with Crippen LogP contribution in [0.25, 0.3) is 0 Å². The molecule has 100 valence electrons. The Balaban J connectivity index is 2.25. The first kappa shape index (κ1) is 14.5. The van der Waals surface area contributed by atoms with Crippen LogP contribution < -0.4 is 0 Å². The SMILES string of the molecule is COCCOCCOCc1ncncc1C(=O)O. The van der Waals surface area contributed by atoms with Crippen molar-refractivity contribution in [2.45, 2.75) is 6.61 Å². The summed E-state index contributed by atoms with van der Waals surface area (Å²) in [5.41, 5.74) is 0.409. The molecule has 1 aromatic rings. The molecule has 1 N–H and O–H groups in total. The smallest absolute Gasteiger partial charge is 0.339 e. The first-order valence-corrected chi connectivity index (χ1v) is 5.42. The van der Waals surface area contributed by atoms with E-state index in [0.717, 1.165) is 0 Å². The number of hydrogen-bond acceptors (Lipinski definition) is 6. The van der Waals surface area contributed by atoms with Gasteiger partial charge in [-0.05, 0) is 0 Å². The highest BCUT2D eigenvalue weighted by molar-refractivity contribution is 5.88. The molecule has 0 spiro atoms. The molecule has 1 rings (SSSR count). The number of carboxylic acid groups (broad SMARTS) is 1. The molecule has 0 aromatic carbocycles. The Kier molecular flexibility index (Phi) is 6.85. The van der Waals surface area contributed by atoms with Gasteiger partial charge < -0.3 is 19.3 Å². The highest BCUT2D eigenvalue weighted by Crippen LogP contribution is 2.04. The molecule has 0 bridgehead atoms. The fourth-order valence-corrected chi connectivity index (χ4v) is 1.18. The zero-order valence-electron chi connectivity index (χ0n) is 10.2. The second kappa shape index (κ2) is 8.51. The van der Waals surface area contributed by atoms with Crippen molar-refractivity contribution in [3.05, 3.63) is 23.8 Å². The van der Waals surface area contributed by atoms with Crippen molar-refractivity contribution in [3.8, 4) is 0 Å². The van der Waals surface area contributed by atoms with Crippen molar-refractivity contribution >= 4 is 5.97 Å². The van der Waals surface area contributed by atoms with Crippen molar-refractivity contribution < 1.29 is 24.1 Å². The number of ether oxygens (including phenoxy) is 3. The van der Waals surface area contributed by atoms with Gasteiger partial charge in [0.05, 0.1) is 38.7 Å². The minimum Gasteiger partial charge on any atom is -0.478 e. The monoisotopic (exact) mass is 256 g/mol. The standard InChI is InChI=1S/C11H16N2O5/c1-16-2-3-17-4-5-18-7-10-9(11(14)15)6-12-8-13-10/h6,8H,2-5,7H2,1H3,(H,14,15). The van der Waals surface area contributed by atoms with Gasteiger partial charge in [0.1, 0.15) is 11.9 Å². The van der Waals surface area contributed by atoms with E-state index in [1.54, 1.807) is 7.11 Å². The molecule has 0 aliphatic carbocycles. The lowest BCUT2D eigenvalue weighted by atomic mass is 10.2. The summed E-state index contributed by atoms with van der Waals surface area (Å²) in [6.45, 7) is 1.96. The Labute approximate surface area is 105 Å². The van der Waals surface area contributed by atoms with Crippen LogP contribution in [0.1, 0.15) is 16.1 Å². The van der Waals surface area contributed by atoms with E-state index in [1.165, 1.54) is 12.5 Å². The van der Waals surface area contributed by atoms with Crippen LogP contribution in [0.2, 0.25) is 0 Å². The predicted molar refractivity (Wildman–Crippen MR) is 61.3 cm³/mol. The molecular weight excluding hydrogens is 240 g/mol. The number of carboxylic acids is 1. The van der Waals surface area contributed by atoms with Crippen LogP contribution in [0.15, 0.2) is 12.5 Å². The lowest BCUT2D eigenvalue weighted by molar-refractivity contribution is 0.0189. The van der Waals surface area contributed by atoms with Gasteiger partial charge in [-0.25, -0.2) is 14.8 Å². The van der Waals surface area contributed by atoms with Gasteiger partial charge in [-0.3, -0.25) is 0 Å². The van der Waals surface area contributed by atoms with E-state index in [1.807, 2.05) is 0 Å². The summed E-state index contributed by atoms with van der Waals surface area (Å²) >= 11 is 0. The van der Waals surface area contributed by atoms with Gasteiger partial charge in [-0.1, -0.05) is 0 Å². The van der Waals surface area contributed by atoms with Crippen molar-refractivity contribution in [3.63, 3.8) is 0 Å². The first-order chi connectivity index (χ1) is 8.75. The summed E-state index contributed by atoms with van der Waals surface area (Å²) in [4.78, 5) is 18.4. The third kappa shape index (κ3) is 5.17. The molecule has 0 radical (unpaired) electrons. The number of methoxy groups -OCH3 is 1. The summed E-state index contributed by atoms with van der Waals surface area (Å²) in [7, 11) is 1.60. The molecular formula is C11H16N2O5. The second-order valence-corrected chi connectivity index (χ2v) is 3.35. The number of rotatable bonds is 9. The molecule has 0 unspecified atom stereocenters. The Morgan fingerprint density at radius 2 is 2.00 bits per heavy atom. The summed E-state index contributed by atoms with van der Waals surface area (Å²) in [6, 6.07) is 0. The molecule has 1 aromatic heterocycles. The summed E-state index contributed by atoms with van der Waals surface area (Å²) < 4.78 is 15.3. The Morgan fingerprint density at radius 3 is 2.72 bits per heavy atom. The zero-order chi connectivity index (χ0) is 13.2. The lowest BCUT2D eigenvalue weighted by Gasteiger charge is -2.06. The molecule has 18 heavy (non-hydrogen) atoms. The summed E-state index contributed by atoms with van der Waals surface area (Å²) in [6.07, 6.45) is 2.54. The van der Waals surface area contributed by atoms with Gasteiger partial charge >= 0.3 is 5.97 Å². The van der Waals surface area contributed by atoms with Crippen molar-refractivity contribution in [2.75, 3.05) is 33.5 Å². The van der Waals surface area contributed by atoms with E-state index in [0.29, 0.717) is 32.1 Å². The van der Waals surface area contributed by atoms with E-state index in [9.17, 15) is 4.79 Å². The molecule has 0 aliphatic heterocycles. The van der Waals surface area contributed by atoms with Gasteiger partial charge in [-0.2, -0.15) is 0 Å². The van der Waals surface area contributed by atoms with Crippen molar-refractivity contribution in [1.29, 1.82) is 0 Å².